The highest BCUT2D eigenvalue weighted by Gasteiger charge is 2.24. The summed E-state index contributed by atoms with van der Waals surface area (Å²) in [6.45, 7) is 3.37. The monoisotopic (exact) mass is 296 g/mol. The molecule has 1 aromatic rings. The molecule has 0 radical (unpaired) electrons. The molecule has 1 atom stereocenters. The Morgan fingerprint density at radius 3 is 2.80 bits per heavy atom. The van der Waals surface area contributed by atoms with Crippen LogP contribution in [0.4, 0.5) is 5.69 Å². The molecule has 1 fully saturated rings. The van der Waals surface area contributed by atoms with Crippen molar-refractivity contribution in [3.8, 4) is 0 Å². The first-order valence-corrected chi connectivity index (χ1v) is 6.76. The van der Waals surface area contributed by atoms with E-state index >= 15 is 0 Å². The highest BCUT2D eigenvalue weighted by molar-refractivity contribution is 6.34. The maximum Gasteiger partial charge on any atom is 0.254 e. The van der Waals surface area contributed by atoms with Crippen LogP contribution in [-0.4, -0.2) is 49.4 Å². The van der Waals surface area contributed by atoms with Gasteiger partial charge in [0.2, 0.25) is 0 Å². The van der Waals surface area contributed by atoms with E-state index in [9.17, 15) is 9.59 Å². The molecule has 1 aliphatic rings. The fourth-order valence-electron chi connectivity index (χ4n) is 2.04. The van der Waals surface area contributed by atoms with Crippen LogP contribution in [0.5, 0.6) is 0 Å². The Morgan fingerprint density at radius 1 is 1.45 bits per heavy atom. The summed E-state index contributed by atoms with van der Waals surface area (Å²) in [6, 6.07) is 4.84. The van der Waals surface area contributed by atoms with Gasteiger partial charge in [-0.25, -0.2) is 0 Å². The minimum Gasteiger partial charge on any atom is -0.366 e. The number of nitrogens with one attached hydrogen (secondary N) is 1. The SMILES string of the molecule is CC(=O)c1ccc(NC(=O)[C@H]2CN(C)CCO2)cc1Cl. The molecule has 1 N–H and O–H groups in total. The lowest BCUT2D eigenvalue weighted by Crippen LogP contribution is -2.46. The summed E-state index contributed by atoms with van der Waals surface area (Å²) in [4.78, 5) is 25.4. The van der Waals surface area contributed by atoms with Crippen LogP contribution in [0.25, 0.3) is 0 Å². The predicted octanol–water partition coefficient (Wildman–Crippen LogP) is 1.81. The van der Waals surface area contributed by atoms with E-state index < -0.39 is 6.10 Å². The van der Waals surface area contributed by atoms with E-state index in [4.69, 9.17) is 16.3 Å². The van der Waals surface area contributed by atoms with Crippen LogP contribution in [0.2, 0.25) is 5.02 Å². The van der Waals surface area contributed by atoms with Crippen LogP contribution >= 0.6 is 11.6 Å². The molecule has 108 valence electrons. The average Bonchev–Trinajstić information content (AvgIpc) is 2.38. The number of rotatable bonds is 3. The third-order valence-electron chi connectivity index (χ3n) is 3.18. The van der Waals surface area contributed by atoms with Gasteiger partial charge in [0.05, 0.1) is 11.6 Å². The molecule has 1 aromatic carbocycles. The number of likely N-dealkylation sites (N-methyl/N-ethyl adjacent to an activating group) is 1. The Kier molecular flexibility index (Phi) is 4.75. The van der Waals surface area contributed by atoms with Crippen molar-refractivity contribution in [3.63, 3.8) is 0 Å². The quantitative estimate of drug-likeness (QED) is 0.864. The van der Waals surface area contributed by atoms with Crippen molar-refractivity contribution < 1.29 is 14.3 Å². The van der Waals surface area contributed by atoms with E-state index in [1.807, 2.05) is 11.9 Å². The Labute approximate surface area is 122 Å². The number of nitrogens with zero attached hydrogens (tertiary/aromatic N) is 1. The Hall–Kier alpha value is -1.43. The maximum atomic E-state index is 12.1. The first-order valence-electron chi connectivity index (χ1n) is 6.39. The van der Waals surface area contributed by atoms with Crippen molar-refractivity contribution in [2.45, 2.75) is 13.0 Å². The molecular formula is C14H17ClN2O3. The standard InChI is InChI=1S/C14H17ClN2O3/c1-9(18)11-4-3-10(7-12(11)15)16-14(19)13-8-17(2)5-6-20-13/h3-4,7,13H,5-6,8H2,1-2H3,(H,16,19)/t13-/m1/s1. The lowest BCUT2D eigenvalue weighted by molar-refractivity contribution is -0.132. The van der Waals surface area contributed by atoms with Crippen molar-refractivity contribution in [3.05, 3.63) is 28.8 Å². The van der Waals surface area contributed by atoms with E-state index in [1.165, 1.54) is 6.92 Å². The lowest BCUT2D eigenvalue weighted by Gasteiger charge is -2.29. The summed E-state index contributed by atoms with van der Waals surface area (Å²) in [5, 5.41) is 3.08. The van der Waals surface area contributed by atoms with Gasteiger partial charge >= 0.3 is 0 Å². The predicted molar refractivity (Wildman–Crippen MR) is 77.3 cm³/mol. The first-order chi connectivity index (χ1) is 9.47. The second-order valence-electron chi connectivity index (χ2n) is 4.86. The average molecular weight is 297 g/mol. The van der Waals surface area contributed by atoms with Crippen molar-refractivity contribution in [2.75, 3.05) is 32.1 Å². The number of hydrogen-bond acceptors (Lipinski definition) is 4. The molecule has 2 rings (SSSR count). The van der Waals surface area contributed by atoms with Crippen molar-refractivity contribution >= 4 is 29.0 Å². The number of Topliss-reactive ketones (excluding diaryl/α,β-unsaturated/α-hetero) is 1. The van der Waals surface area contributed by atoms with Gasteiger partial charge in [-0.3, -0.25) is 9.59 Å². The van der Waals surface area contributed by atoms with Gasteiger partial charge in [0, 0.05) is 24.3 Å². The van der Waals surface area contributed by atoms with Gasteiger partial charge in [-0.15, -0.1) is 0 Å². The number of amides is 1. The Balaban J connectivity index is 2.04. The number of halogens is 1. The smallest absolute Gasteiger partial charge is 0.254 e. The zero-order valence-corrected chi connectivity index (χ0v) is 12.2. The molecule has 0 bridgehead atoms. The third kappa shape index (κ3) is 3.56. The van der Waals surface area contributed by atoms with Gasteiger partial charge in [0.15, 0.2) is 5.78 Å². The number of ether oxygens (including phenoxy) is 1. The maximum absolute atomic E-state index is 12.1. The van der Waals surface area contributed by atoms with E-state index in [2.05, 4.69) is 5.32 Å². The van der Waals surface area contributed by atoms with Crippen LogP contribution < -0.4 is 5.32 Å². The van der Waals surface area contributed by atoms with Gasteiger partial charge in [-0.2, -0.15) is 0 Å². The minimum absolute atomic E-state index is 0.106. The summed E-state index contributed by atoms with van der Waals surface area (Å²) in [5.74, 6) is -0.312. The molecule has 6 heteroatoms. The van der Waals surface area contributed by atoms with Crippen molar-refractivity contribution in [1.29, 1.82) is 0 Å². The summed E-state index contributed by atoms with van der Waals surface area (Å²) in [6.07, 6.45) is -0.486. The Bertz CT molecular complexity index is 533. The molecule has 1 aliphatic heterocycles. The second-order valence-corrected chi connectivity index (χ2v) is 5.27. The van der Waals surface area contributed by atoms with Gasteiger partial charge in [0.25, 0.3) is 5.91 Å². The van der Waals surface area contributed by atoms with Crippen LogP contribution in [0, 0.1) is 0 Å². The normalized spacial score (nSPS) is 19.6. The molecule has 20 heavy (non-hydrogen) atoms. The zero-order valence-electron chi connectivity index (χ0n) is 11.5. The molecule has 0 spiro atoms. The van der Waals surface area contributed by atoms with E-state index in [0.717, 1.165) is 6.54 Å². The molecule has 1 amide bonds. The largest absolute Gasteiger partial charge is 0.366 e. The molecule has 0 saturated carbocycles. The fraction of sp³-hybridized carbons (Fsp3) is 0.429. The number of ketones is 1. The van der Waals surface area contributed by atoms with Gasteiger partial charge < -0.3 is 15.0 Å². The number of benzene rings is 1. The van der Waals surface area contributed by atoms with Gasteiger partial charge in [-0.05, 0) is 32.2 Å². The van der Waals surface area contributed by atoms with Gasteiger partial charge in [0.1, 0.15) is 6.10 Å². The Morgan fingerprint density at radius 2 is 2.20 bits per heavy atom. The topological polar surface area (TPSA) is 58.6 Å². The van der Waals surface area contributed by atoms with Gasteiger partial charge in [-0.1, -0.05) is 11.6 Å². The number of carbonyl (C=O) groups is 2. The van der Waals surface area contributed by atoms with Crippen LogP contribution in [0.1, 0.15) is 17.3 Å². The number of anilines is 1. The molecule has 5 nitrogen and oxygen atoms in total. The summed E-state index contributed by atoms with van der Waals surface area (Å²) in [5.41, 5.74) is 1.00. The molecule has 0 aliphatic carbocycles. The zero-order chi connectivity index (χ0) is 14.7. The summed E-state index contributed by atoms with van der Waals surface area (Å²) in [7, 11) is 1.95. The van der Waals surface area contributed by atoms with Crippen molar-refractivity contribution in [1.82, 2.24) is 4.90 Å². The number of carbonyl (C=O) groups excluding carboxylic acids is 2. The van der Waals surface area contributed by atoms with E-state index in [0.29, 0.717) is 29.4 Å². The van der Waals surface area contributed by atoms with Crippen LogP contribution in [0.15, 0.2) is 18.2 Å². The first kappa shape index (κ1) is 15.0. The van der Waals surface area contributed by atoms with Crippen LogP contribution in [0.3, 0.4) is 0 Å². The summed E-state index contributed by atoms with van der Waals surface area (Å²) >= 11 is 6.01. The highest BCUT2D eigenvalue weighted by Crippen LogP contribution is 2.21. The van der Waals surface area contributed by atoms with E-state index in [-0.39, 0.29) is 11.7 Å². The van der Waals surface area contributed by atoms with Crippen molar-refractivity contribution in [2.24, 2.45) is 0 Å². The lowest BCUT2D eigenvalue weighted by atomic mass is 10.1. The highest BCUT2D eigenvalue weighted by atomic mass is 35.5. The van der Waals surface area contributed by atoms with E-state index in [1.54, 1.807) is 18.2 Å². The van der Waals surface area contributed by atoms with Crippen LogP contribution in [-0.2, 0) is 9.53 Å². The molecule has 0 aromatic heterocycles. The summed E-state index contributed by atoms with van der Waals surface area (Å²) < 4.78 is 5.43. The third-order valence-corrected chi connectivity index (χ3v) is 3.49. The fourth-order valence-corrected chi connectivity index (χ4v) is 2.35. The number of morpholine rings is 1. The number of hydrogen-bond donors (Lipinski definition) is 1. The second kappa shape index (κ2) is 6.35. The molecule has 1 heterocycles. The minimum atomic E-state index is -0.486. The molecule has 1 saturated heterocycles. The molecule has 0 unspecified atom stereocenters. The molecular weight excluding hydrogens is 280 g/mol.